The van der Waals surface area contributed by atoms with Crippen molar-refractivity contribution in [1.82, 2.24) is 9.47 Å². The number of ether oxygens (including phenoxy) is 3. The zero-order valence-electron chi connectivity index (χ0n) is 24.3. The van der Waals surface area contributed by atoms with Gasteiger partial charge in [-0.1, -0.05) is 12.1 Å². The number of methoxy groups -OCH3 is 2. The Morgan fingerprint density at radius 1 is 1.10 bits per heavy atom. The fraction of sp³-hybridized carbons (Fsp3) is 0.500. The highest BCUT2D eigenvalue weighted by atomic mass is 16.6. The average Bonchev–Trinajstić information content (AvgIpc) is 3.69. The van der Waals surface area contributed by atoms with Crippen molar-refractivity contribution >= 4 is 23.0 Å². The Bertz CT molecular complexity index is 1420. The molecule has 2 atom stereocenters. The van der Waals surface area contributed by atoms with E-state index in [9.17, 15) is 14.7 Å². The molecule has 1 aliphatic heterocycles. The van der Waals surface area contributed by atoms with E-state index in [4.69, 9.17) is 14.2 Å². The summed E-state index contributed by atoms with van der Waals surface area (Å²) in [5, 5.41) is 12.5. The fourth-order valence-electron chi connectivity index (χ4n) is 6.10. The zero-order chi connectivity index (χ0) is 28.8. The third-order valence-corrected chi connectivity index (χ3v) is 8.27. The van der Waals surface area contributed by atoms with Gasteiger partial charge in [-0.15, -0.1) is 0 Å². The molecule has 214 valence electrons. The predicted octanol–water partition coefficient (Wildman–Crippen LogP) is 6.01. The molecule has 0 radical (unpaired) electrons. The average molecular weight is 549 g/mol. The van der Waals surface area contributed by atoms with Crippen LogP contribution in [-0.2, 0) is 16.0 Å². The summed E-state index contributed by atoms with van der Waals surface area (Å²) in [6.45, 7) is 8.82. The molecule has 8 nitrogen and oxygen atoms in total. The Kier molecular flexibility index (Phi) is 7.44. The van der Waals surface area contributed by atoms with E-state index in [0.29, 0.717) is 37.4 Å². The highest BCUT2D eigenvalue weighted by molar-refractivity contribution is 5.95. The van der Waals surface area contributed by atoms with Gasteiger partial charge in [-0.2, -0.15) is 0 Å². The van der Waals surface area contributed by atoms with Crippen LogP contribution in [0.15, 0.2) is 42.6 Å². The third-order valence-electron chi connectivity index (χ3n) is 8.27. The molecule has 0 spiro atoms. The van der Waals surface area contributed by atoms with Crippen LogP contribution in [0.2, 0.25) is 0 Å². The molecule has 0 amide bonds. The van der Waals surface area contributed by atoms with Gasteiger partial charge in [0.2, 0.25) is 0 Å². The van der Waals surface area contributed by atoms with Crippen molar-refractivity contribution in [2.24, 2.45) is 5.92 Å². The van der Waals surface area contributed by atoms with Gasteiger partial charge in [0.1, 0.15) is 11.4 Å². The number of piperidine rings is 1. The predicted molar refractivity (Wildman–Crippen MR) is 153 cm³/mol. The van der Waals surface area contributed by atoms with Crippen LogP contribution >= 0.6 is 0 Å². The van der Waals surface area contributed by atoms with Crippen molar-refractivity contribution in [3.05, 3.63) is 64.8 Å². The number of rotatable bonds is 6. The van der Waals surface area contributed by atoms with E-state index in [2.05, 4.69) is 4.90 Å². The second kappa shape index (κ2) is 10.6. The third kappa shape index (κ3) is 5.47. The van der Waals surface area contributed by atoms with Gasteiger partial charge in [-0.3, -0.25) is 9.47 Å². The summed E-state index contributed by atoms with van der Waals surface area (Å²) >= 11 is 0. The van der Waals surface area contributed by atoms with E-state index in [1.807, 2.05) is 52.0 Å². The molecular formula is C32H40N2O6. The van der Waals surface area contributed by atoms with Crippen molar-refractivity contribution in [3.63, 3.8) is 0 Å². The van der Waals surface area contributed by atoms with Crippen molar-refractivity contribution < 1.29 is 28.9 Å². The van der Waals surface area contributed by atoms with E-state index in [1.54, 1.807) is 30.0 Å². The number of aromatic nitrogens is 1. The Balaban J connectivity index is 1.53. The summed E-state index contributed by atoms with van der Waals surface area (Å²) in [6, 6.07) is 11.4. The van der Waals surface area contributed by atoms with E-state index in [-0.39, 0.29) is 12.0 Å². The van der Waals surface area contributed by atoms with Gasteiger partial charge in [-0.25, -0.2) is 9.59 Å². The number of likely N-dealkylation sites (tertiary alicyclic amines) is 1. The minimum Gasteiger partial charge on any atom is -0.496 e. The number of aliphatic hydroxyl groups is 1. The quantitative estimate of drug-likeness (QED) is 0.378. The van der Waals surface area contributed by atoms with Crippen LogP contribution in [0.25, 0.3) is 10.9 Å². The van der Waals surface area contributed by atoms with Gasteiger partial charge in [0.05, 0.1) is 30.9 Å². The Labute approximate surface area is 235 Å². The van der Waals surface area contributed by atoms with Crippen LogP contribution in [0.4, 0.5) is 4.79 Å². The lowest BCUT2D eigenvalue weighted by Crippen LogP contribution is -2.47. The highest BCUT2D eigenvalue weighted by Crippen LogP contribution is 2.50. The molecule has 2 aliphatic rings. The molecule has 1 saturated heterocycles. The molecule has 1 aromatic heterocycles. The number of hydrogen-bond donors (Lipinski definition) is 1. The number of fused-ring (bicyclic) bond motifs is 1. The van der Waals surface area contributed by atoms with E-state index in [1.165, 1.54) is 7.11 Å². The first-order chi connectivity index (χ1) is 18.9. The number of hydrogen-bond acceptors (Lipinski definition) is 7. The molecule has 0 bridgehead atoms. The van der Waals surface area contributed by atoms with E-state index in [0.717, 1.165) is 46.2 Å². The fourth-order valence-corrected chi connectivity index (χ4v) is 6.10. The lowest BCUT2D eigenvalue weighted by atomic mass is 9.80. The molecule has 1 N–H and O–H groups in total. The molecule has 2 aromatic carbocycles. The molecular weight excluding hydrogens is 508 g/mol. The lowest BCUT2D eigenvalue weighted by molar-refractivity contribution is -0.0661. The SMILES string of the molecule is COC(=O)c1ccc([C@@H]2C[C@@](O)(C3CC3)CCN2Cc2c(OC)cc(C)c3c2ccn3C(=O)OC(C)(C)C)cc1. The van der Waals surface area contributed by atoms with Crippen molar-refractivity contribution in [2.75, 3.05) is 20.8 Å². The maximum absolute atomic E-state index is 13.1. The number of carbonyl (C=O) groups excluding carboxylic acids is 2. The van der Waals surface area contributed by atoms with E-state index < -0.39 is 17.3 Å². The van der Waals surface area contributed by atoms with Gasteiger partial charge in [0, 0.05) is 36.3 Å². The lowest BCUT2D eigenvalue weighted by Gasteiger charge is -2.45. The summed E-state index contributed by atoms with van der Waals surface area (Å²) in [7, 11) is 3.04. The summed E-state index contributed by atoms with van der Waals surface area (Å²) in [4.78, 5) is 27.5. The summed E-state index contributed by atoms with van der Waals surface area (Å²) < 4.78 is 18.0. The molecule has 1 saturated carbocycles. The number of esters is 1. The zero-order valence-corrected chi connectivity index (χ0v) is 24.3. The molecule has 5 rings (SSSR count). The Morgan fingerprint density at radius 2 is 1.80 bits per heavy atom. The summed E-state index contributed by atoms with van der Waals surface area (Å²) in [5.74, 6) is 0.729. The van der Waals surface area contributed by atoms with Crippen LogP contribution in [-0.4, -0.2) is 58.6 Å². The van der Waals surface area contributed by atoms with Crippen LogP contribution in [0.1, 0.15) is 79.5 Å². The maximum atomic E-state index is 13.1. The minimum atomic E-state index is -0.699. The van der Waals surface area contributed by atoms with Gasteiger partial charge in [-0.05, 0) is 94.7 Å². The number of nitrogens with zero attached hydrogens (tertiary/aromatic N) is 2. The molecule has 8 heteroatoms. The smallest absolute Gasteiger partial charge is 0.419 e. The molecule has 2 heterocycles. The topological polar surface area (TPSA) is 90.2 Å². The number of benzene rings is 2. The maximum Gasteiger partial charge on any atom is 0.419 e. The second-order valence-electron chi connectivity index (χ2n) is 12.2. The van der Waals surface area contributed by atoms with Gasteiger partial charge in [0.15, 0.2) is 0 Å². The first-order valence-electron chi connectivity index (χ1n) is 14.0. The van der Waals surface area contributed by atoms with Crippen LogP contribution in [0, 0.1) is 12.8 Å². The number of aryl methyl sites for hydroxylation is 1. The normalized spacial score (nSPS) is 21.8. The summed E-state index contributed by atoms with van der Waals surface area (Å²) in [6.07, 6.45) is 4.79. The van der Waals surface area contributed by atoms with Crippen LogP contribution in [0.5, 0.6) is 5.75 Å². The van der Waals surface area contributed by atoms with Crippen LogP contribution < -0.4 is 4.74 Å². The van der Waals surface area contributed by atoms with Crippen molar-refractivity contribution in [3.8, 4) is 5.75 Å². The Hall–Kier alpha value is -3.36. The first-order valence-corrected chi connectivity index (χ1v) is 14.0. The largest absolute Gasteiger partial charge is 0.496 e. The second-order valence-corrected chi connectivity index (χ2v) is 12.2. The van der Waals surface area contributed by atoms with Crippen molar-refractivity contribution in [2.45, 2.75) is 77.2 Å². The van der Waals surface area contributed by atoms with Crippen LogP contribution in [0.3, 0.4) is 0 Å². The molecule has 0 unspecified atom stereocenters. The molecule has 40 heavy (non-hydrogen) atoms. The monoisotopic (exact) mass is 548 g/mol. The van der Waals surface area contributed by atoms with Crippen molar-refractivity contribution in [1.29, 1.82) is 0 Å². The summed E-state index contributed by atoms with van der Waals surface area (Å²) in [5.41, 5.74) is 2.93. The molecule has 3 aromatic rings. The first kappa shape index (κ1) is 28.2. The van der Waals surface area contributed by atoms with Gasteiger partial charge < -0.3 is 19.3 Å². The van der Waals surface area contributed by atoms with E-state index >= 15 is 0 Å². The Morgan fingerprint density at radius 3 is 2.40 bits per heavy atom. The highest BCUT2D eigenvalue weighted by Gasteiger charge is 2.48. The standard InChI is InChI=1S/C32H40N2O6/c1-20-17-27(38-5)25(24-13-15-34(28(20)24)30(36)40-31(2,3)4)19-33-16-14-32(37,23-11-12-23)18-26(33)21-7-9-22(10-8-21)29(35)39-6/h7-10,13,15,17,23,26,37H,11-12,14,16,18-19H2,1-6H3/t26-,32+/m0/s1. The molecule has 2 fully saturated rings. The van der Waals surface area contributed by atoms with Gasteiger partial charge >= 0.3 is 12.1 Å². The van der Waals surface area contributed by atoms with Gasteiger partial charge in [0.25, 0.3) is 0 Å². The minimum absolute atomic E-state index is 0.0555. The number of carbonyl (C=O) groups is 2. The molecule has 1 aliphatic carbocycles.